The van der Waals surface area contributed by atoms with Gasteiger partial charge in [0.25, 0.3) is 5.56 Å². The molecule has 0 aromatic carbocycles. The first-order valence-corrected chi connectivity index (χ1v) is 5.89. The number of carbonyl (C=O) groups is 1. The average molecular weight is 274 g/mol. The SMILES string of the molecule is Cc1nnc(NC(=O)Cn2cc(N)ccc2=O)nc1C. The molecule has 0 spiro atoms. The molecule has 0 fully saturated rings. The second kappa shape index (κ2) is 5.47. The Hall–Kier alpha value is -2.77. The van der Waals surface area contributed by atoms with Crippen LogP contribution in [0, 0.1) is 13.8 Å². The molecule has 0 saturated heterocycles. The first kappa shape index (κ1) is 13.7. The summed E-state index contributed by atoms with van der Waals surface area (Å²) in [7, 11) is 0. The van der Waals surface area contributed by atoms with Gasteiger partial charge in [-0.1, -0.05) is 0 Å². The maximum Gasteiger partial charge on any atom is 0.251 e. The smallest absolute Gasteiger partial charge is 0.251 e. The summed E-state index contributed by atoms with van der Waals surface area (Å²) >= 11 is 0. The Morgan fingerprint density at radius 3 is 2.75 bits per heavy atom. The Bertz CT molecular complexity index is 709. The predicted molar refractivity (Wildman–Crippen MR) is 73.0 cm³/mol. The van der Waals surface area contributed by atoms with Crippen molar-refractivity contribution in [3.05, 3.63) is 40.1 Å². The molecular weight excluding hydrogens is 260 g/mol. The molecule has 0 aliphatic heterocycles. The number of anilines is 2. The van der Waals surface area contributed by atoms with E-state index in [0.29, 0.717) is 17.1 Å². The van der Waals surface area contributed by atoms with Gasteiger partial charge in [0.2, 0.25) is 11.9 Å². The number of aromatic nitrogens is 4. The van der Waals surface area contributed by atoms with Gasteiger partial charge in [-0.05, 0) is 19.9 Å². The maximum atomic E-state index is 11.8. The van der Waals surface area contributed by atoms with Gasteiger partial charge in [-0.25, -0.2) is 4.98 Å². The second-order valence-corrected chi connectivity index (χ2v) is 4.28. The molecule has 2 aromatic rings. The van der Waals surface area contributed by atoms with Crippen LogP contribution < -0.4 is 16.6 Å². The van der Waals surface area contributed by atoms with E-state index in [-0.39, 0.29) is 18.1 Å². The van der Waals surface area contributed by atoms with Gasteiger partial charge in [0.15, 0.2) is 0 Å². The van der Waals surface area contributed by atoms with E-state index in [1.165, 1.54) is 22.9 Å². The molecule has 0 saturated carbocycles. The highest BCUT2D eigenvalue weighted by atomic mass is 16.2. The Balaban J connectivity index is 2.11. The largest absolute Gasteiger partial charge is 0.398 e. The number of hydrogen-bond donors (Lipinski definition) is 2. The van der Waals surface area contributed by atoms with Crippen LogP contribution in [0.25, 0.3) is 0 Å². The topological polar surface area (TPSA) is 116 Å². The minimum absolute atomic E-state index is 0.107. The van der Waals surface area contributed by atoms with E-state index in [2.05, 4.69) is 20.5 Å². The zero-order valence-corrected chi connectivity index (χ0v) is 11.1. The summed E-state index contributed by atoms with van der Waals surface area (Å²) in [6, 6.07) is 2.78. The van der Waals surface area contributed by atoms with Gasteiger partial charge < -0.3 is 10.3 Å². The van der Waals surface area contributed by atoms with E-state index in [9.17, 15) is 9.59 Å². The zero-order chi connectivity index (χ0) is 14.7. The lowest BCUT2D eigenvalue weighted by atomic mass is 10.4. The molecule has 3 N–H and O–H groups in total. The number of nitrogens with one attached hydrogen (secondary N) is 1. The molecule has 0 aliphatic carbocycles. The van der Waals surface area contributed by atoms with Crippen molar-refractivity contribution in [2.24, 2.45) is 0 Å². The number of nitrogen functional groups attached to an aromatic ring is 1. The Morgan fingerprint density at radius 1 is 1.30 bits per heavy atom. The molecule has 0 unspecified atom stereocenters. The molecule has 0 atom stereocenters. The minimum Gasteiger partial charge on any atom is -0.398 e. The van der Waals surface area contributed by atoms with E-state index in [1.807, 2.05) is 0 Å². The normalized spacial score (nSPS) is 10.3. The van der Waals surface area contributed by atoms with Gasteiger partial charge in [-0.15, -0.1) is 5.10 Å². The third-order valence-electron chi connectivity index (χ3n) is 2.66. The van der Waals surface area contributed by atoms with Crippen LogP contribution >= 0.6 is 0 Å². The van der Waals surface area contributed by atoms with Gasteiger partial charge in [0.05, 0.1) is 11.4 Å². The highest BCUT2D eigenvalue weighted by Gasteiger charge is 2.08. The molecule has 0 radical (unpaired) electrons. The molecule has 8 nitrogen and oxygen atoms in total. The van der Waals surface area contributed by atoms with Gasteiger partial charge in [0, 0.05) is 18.0 Å². The van der Waals surface area contributed by atoms with Crippen molar-refractivity contribution in [2.45, 2.75) is 20.4 Å². The Morgan fingerprint density at radius 2 is 2.05 bits per heavy atom. The first-order valence-electron chi connectivity index (χ1n) is 5.89. The standard InChI is InChI=1S/C12H14N6O2/c1-7-8(2)16-17-12(14-7)15-10(19)6-18-5-9(13)3-4-11(18)20/h3-5H,6,13H2,1-2H3,(H,14,15,17,19). The third-order valence-corrected chi connectivity index (χ3v) is 2.66. The van der Waals surface area contributed by atoms with Gasteiger partial charge >= 0.3 is 0 Å². The fourth-order valence-electron chi connectivity index (χ4n) is 1.50. The van der Waals surface area contributed by atoms with Crippen molar-refractivity contribution in [2.75, 3.05) is 11.1 Å². The summed E-state index contributed by atoms with van der Waals surface area (Å²) in [5, 5.41) is 10.1. The third kappa shape index (κ3) is 3.16. The summed E-state index contributed by atoms with van der Waals surface area (Å²) in [5.74, 6) is -0.321. The van der Waals surface area contributed by atoms with Gasteiger partial charge in [0.1, 0.15) is 6.54 Å². The molecule has 0 aliphatic rings. The highest BCUT2D eigenvalue weighted by Crippen LogP contribution is 2.02. The van der Waals surface area contributed by atoms with Crippen LogP contribution in [-0.2, 0) is 11.3 Å². The molecule has 2 heterocycles. The highest BCUT2D eigenvalue weighted by molar-refractivity contribution is 5.88. The average Bonchev–Trinajstić information content (AvgIpc) is 2.38. The van der Waals surface area contributed by atoms with E-state index < -0.39 is 5.91 Å². The lowest BCUT2D eigenvalue weighted by Crippen LogP contribution is -2.27. The number of nitrogens with zero attached hydrogens (tertiary/aromatic N) is 4. The molecular formula is C12H14N6O2. The second-order valence-electron chi connectivity index (χ2n) is 4.28. The van der Waals surface area contributed by atoms with Crippen LogP contribution in [0.4, 0.5) is 11.6 Å². The first-order chi connectivity index (χ1) is 9.45. The molecule has 2 rings (SSSR count). The lowest BCUT2D eigenvalue weighted by molar-refractivity contribution is -0.116. The van der Waals surface area contributed by atoms with E-state index >= 15 is 0 Å². The van der Waals surface area contributed by atoms with Crippen molar-refractivity contribution in [1.82, 2.24) is 19.7 Å². The summed E-state index contributed by atoms with van der Waals surface area (Å²) in [6.07, 6.45) is 1.40. The van der Waals surface area contributed by atoms with Crippen LogP contribution in [0.1, 0.15) is 11.4 Å². The minimum atomic E-state index is -0.428. The van der Waals surface area contributed by atoms with Gasteiger partial charge in [-0.3, -0.25) is 14.9 Å². The van der Waals surface area contributed by atoms with Crippen LogP contribution in [0.2, 0.25) is 0 Å². The van der Waals surface area contributed by atoms with Crippen molar-refractivity contribution >= 4 is 17.5 Å². The summed E-state index contributed by atoms with van der Waals surface area (Å²) in [5.41, 5.74) is 7.03. The van der Waals surface area contributed by atoms with E-state index in [0.717, 1.165) is 0 Å². The fourth-order valence-corrected chi connectivity index (χ4v) is 1.50. The predicted octanol–water partition coefficient (Wildman–Crippen LogP) is -0.129. The molecule has 0 bridgehead atoms. The van der Waals surface area contributed by atoms with Crippen molar-refractivity contribution < 1.29 is 4.79 Å². The van der Waals surface area contributed by atoms with Crippen molar-refractivity contribution in [3.63, 3.8) is 0 Å². The molecule has 104 valence electrons. The zero-order valence-electron chi connectivity index (χ0n) is 11.1. The lowest BCUT2D eigenvalue weighted by Gasteiger charge is -2.07. The van der Waals surface area contributed by atoms with Crippen LogP contribution in [0.3, 0.4) is 0 Å². The summed E-state index contributed by atoms with van der Waals surface area (Å²) in [4.78, 5) is 27.4. The molecule has 8 heteroatoms. The number of rotatable bonds is 3. The number of hydrogen-bond acceptors (Lipinski definition) is 6. The number of amides is 1. The maximum absolute atomic E-state index is 11.8. The van der Waals surface area contributed by atoms with Crippen molar-refractivity contribution in [1.29, 1.82) is 0 Å². The summed E-state index contributed by atoms with van der Waals surface area (Å²) in [6.45, 7) is 3.37. The van der Waals surface area contributed by atoms with Crippen molar-refractivity contribution in [3.8, 4) is 0 Å². The molecule has 20 heavy (non-hydrogen) atoms. The molecule has 1 amide bonds. The molecule has 2 aromatic heterocycles. The van der Waals surface area contributed by atoms with E-state index in [1.54, 1.807) is 13.8 Å². The van der Waals surface area contributed by atoms with Gasteiger partial charge in [-0.2, -0.15) is 5.10 Å². The number of carbonyl (C=O) groups excluding carboxylic acids is 1. The quantitative estimate of drug-likeness (QED) is 0.805. The summed E-state index contributed by atoms with van der Waals surface area (Å²) < 4.78 is 1.21. The number of nitrogens with two attached hydrogens (primary N) is 1. The van der Waals surface area contributed by atoms with Crippen LogP contribution in [-0.4, -0.2) is 25.7 Å². The van der Waals surface area contributed by atoms with E-state index in [4.69, 9.17) is 5.73 Å². The Labute approximate surface area is 114 Å². The monoisotopic (exact) mass is 274 g/mol. The van der Waals surface area contributed by atoms with Crippen LogP contribution in [0.5, 0.6) is 0 Å². The van der Waals surface area contributed by atoms with Crippen LogP contribution in [0.15, 0.2) is 23.1 Å². The number of pyridine rings is 1. The number of aryl methyl sites for hydroxylation is 2. The fraction of sp³-hybridized carbons (Fsp3) is 0.250. The Kier molecular flexibility index (Phi) is 3.74.